The van der Waals surface area contributed by atoms with Gasteiger partial charge in [0, 0.05) is 6.21 Å². The lowest BCUT2D eigenvalue weighted by Gasteiger charge is -2.10. The summed E-state index contributed by atoms with van der Waals surface area (Å²) in [5, 5.41) is 0. The number of nitrogens with two attached hydrogens (primary N) is 1. The zero-order valence-electron chi connectivity index (χ0n) is 11.8. The maximum absolute atomic E-state index is 11.9. The molecule has 0 spiro atoms. The van der Waals surface area contributed by atoms with Crippen LogP contribution in [-0.2, 0) is 4.79 Å². The molecular formula is C17H17N3O. The molecule has 0 aliphatic heterocycles. The fraction of sp³-hybridized carbons (Fsp3) is 0.0588. The smallest absolute Gasteiger partial charge is 0.163 e. The van der Waals surface area contributed by atoms with Crippen LogP contribution in [0.2, 0.25) is 0 Å². The van der Waals surface area contributed by atoms with Gasteiger partial charge in [-0.3, -0.25) is 15.6 Å². The van der Waals surface area contributed by atoms with Crippen LogP contribution in [-0.4, -0.2) is 12.0 Å². The average Bonchev–Trinajstić information content (AvgIpc) is 2.53. The quantitative estimate of drug-likeness (QED) is 0.383. The lowest BCUT2D eigenvalue weighted by molar-refractivity contribution is -0.113. The van der Waals surface area contributed by atoms with Crippen molar-refractivity contribution in [3.63, 3.8) is 0 Å². The van der Waals surface area contributed by atoms with Gasteiger partial charge in [0.15, 0.2) is 5.78 Å². The van der Waals surface area contributed by atoms with E-state index in [1.807, 2.05) is 60.7 Å². The van der Waals surface area contributed by atoms with E-state index in [1.54, 1.807) is 6.21 Å². The minimum absolute atomic E-state index is 0.105. The Kier molecular flexibility index (Phi) is 5.01. The number of Topliss-reactive ketones (excluding diaryl/α,β-unsaturated/α-hetero) is 1. The first-order chi connectivity index (χ1) is 10.2. The third-order valence-corrected chi connectivity index (χ3v) is 2.95. The maximum atomic E-state index is 11.9. The van der Waals surface area contributed by atoms with E-state index in [4.69, 9.17) is 5.84 Å². The monoisotopic (exact) mass is 279 g/mol. The highest BCUT2D eigenvalue weighted by Gasteiger charge is 2.10. The molecule has 21 heavy (non-hydrogen) atoms. The highest BCUT2D eigenvalue weighted by Crippen LogP contribution is 2.16. The van der Waals surface area contributed by atoms with E-state index in [-0.39, 0.29) is 5.78 Å². The standard InChI is InChI=1S/C17H17N3O/c1-13(21)16(12-19-15-10-6-3-7-11-15)17(20-18)14-8-4-2-5-9-14/h2-12,20H,18H2,1H3. The van der Waals surface area contributed by atoms with Crippen molar-refractivity contribution < 1.29 is 4.79 Å². The van der Waals surface area contributed by atoms with Gasteiger partial charge >= 0.3 is 0 Å². The molecule has 0 fully saturated rings. The van der Waals surface area contributed by atoms with Crippen molar-refractivity contribution in [3.05, 3.63) is 71.8 Å². The molecule has 4 nitrogen and oxygen atoms in total. The number of hydrazine groups is 1. The molecule has 0 aliphatic carbocycles. The highest BCUT2D eigenvalue weighted by atomic mass is 16.1. The summed E-state index contributed by atoms with van der Waals surface area (Å²) in [5.74, 6) is 5.49. The predicted molar refractivity (Wildman–Crippen MR) is 86.0 cm³/mol. The fourth-order valence-corrected chi connectivity index (χ4v) is 1.91. The second kappa shape index (κ2) is 7.17. The number of rotatable bonds is 5. The molecule has 0 atom stereocenters. The number of nitrogens with zero attached hydrogens (tertiary/aromatic N) is 1. The Bertz CT molecular complexity index is 661. The summed E-state index contributed by atoms with van der Waals surface area (Å²) in [6, 6.07) is 18.9. The number of hydrogen-bond acceptors (Lipinski definition) is 4. The summed E-state index contributed by atoms with van der Waals surface area (Å²) < 4.78 is 0. The van der Waals surface area contributed by atoms with E-state index in [0.717, 1.165) is 11.3 Å². The van der Waals surface area contributed by atoms with Crippen molar-refractivity contribution in [2.24, 2.45) is 10.8 Å². The van der Waals surface area contributed by atoms with Gasteiger partial charge in [-0.2, -0.15) is 0 Å². The molecule has 0 saturated carbocycles. The van der Waals surface area contributed by atoms with Crippen LogP contribution in [0.4, 0.5) is 5.69 Å². The van der Waals surface area contributed by atoms with Gasteiger partial charge in [-0.1, -0.05) is 48.5 Å². The van der Waals surface area contributed by atoms with Gasteiger partial charge < -0.3 is 5.43 Å². The number of para-hydroxylation sites is 1. The van der Waals surface area contributed by atoms with Crippen molar-refractivity contribution in [1.82, 2.24) is 5.43 Å². The molecule has 0 radical (unpaired) electrons. The second-order valence-electron chi connectivity index (χ2n) is 4.45. The number of ketones is 1. The normalized spacial score (nSPS) is 12.1. The molecule has 0 unspecified atom stereocenters. The summed E-state index contributed by atoms with van der Waals surface area (Å²) in [7, 11) is 0. The predicted octanol–water partition coefficient (Wildman–Crippen LogP) is 2.85. The summed E-state index contributed by atoms with van der Waals surface area (Å²) >= 11 is 0. The molecule has 2 aromatic rings. The van der Waals surface area contributed by atoms with Gasteiger partial charge in [0.1, 0.15) is 0 Å². The number of nitrogens with one attached hydrogen (secondary N) is 1. The van der Waals surface area contributed by atoms with E-state index in [9.17, 15) is 4.79 Å². The first-order valence-corrected chi connectivity index (χ1v) is 6.58. The topological polar surface area (TPSA) is 67.5 Å². The fourth-order valence-electron chi connectivity index (χ4n) is 1.91. The summed E-state index contributed by atoms with van der Waals surface area (Å²) in [6.45, 7) is 1.49. The van der Waals surface area contributed by atoms with Crippen LogP contribution >= 0.6 is 0 Å². The Labute approximate surface area is 124 Å². The van der Waals surface area contributed by atoms with Crippen molar-refractivity contribution >= 4 is 23.4 Å². The number of carbonyl (C=O) groups excluding carboxylic acids is 1. The lowest BCUT2D eigenvalue weighted by Crippen LogP contribution is -2.23. The van der Waals surface area contributed by atoms with Gasteiger partial charge in [0.05, 0.1) is 17.0 Å². The molecule has 0 aliphatic rings. The number of hydrogen-bond donors (Lipinski definition) is 2. The highest BCUT2D eigenvalue weighted by molar-refractivity contribution is 6.18. The third-order valence-electron chi connectivity index (χ3n) is 2.95. The molecule has 0 saturated heterocycles. The Morgan fingerprint density at radius 1 is 1.05 bits per heavy atom. The Morgan fingerprint density at radius 3 is 2.14 bits per heavy atom. The van der Waals surface area contributed by atoms with Gasteiger partial charge in [-0.05, 0) is 24.6 Å². The number of benzene rings is 2. The van der Waals surface area contributed by atoms with E-state index >= 15 is 0 Å². The number of allylic oxidation sites excluding steroid dienone is 1. The second-order valence-corrected chi connectivity index (χ2v) is 4.45. The van der Waals surface area contributed by atoms with Gasteiger partial charge in [-0.25, -0.2) is 0 Å². The third kappa shape index (κ3) is 3.87. The molecule has 3 N–H and O–H groups in total. The Morgan fingerprint density at radius 2 is 1.62 bits per heavy atom. The van der Waals surface area contributed by atoms with Crippen LogP contribution in [0.5, 0.6) is 0 Å². The van der Waals surface area contributed by atoms with E-state index in [2.05, 4.69) is 10.4 Å². The Balaban J connectivity index is 2.44. The van der Waals surface area contributed by atoms with Gasteiger partial charge in [-0.15, -0.1) is 0 Å². The molecule has 106 valence electrons. The van der Waals surface area contributed by atoms with Crippen LogP contribution in [0.25, 0.3) is 5.70 Å². The minimum atomic E-state index is -0.105. The van der Waals surface area contributed by atoms with E-state index < -0.39 is 0 Å². The van der Waals surface area contributed by atoms with Crippen molar-refractivity contribution in [3.8, 4) is 0 Å². The molecule has 4 heteroatoms. The van der Waals surface area contributed by atoms with E-state index in [0.29, 0.717) is 11.3 Å². The first kappa shape index (κ1) is 14.7. The van der Waals surface area contributed by atoms with E-state index in [1.165, 1.54) is 6.92 Å². The molecule has 2 aromatic carbocycles. The summed E-state index contributed by atoms with van der Waals surface area (Å²) in [4.78, 5) is 16.2. The van der Waals surface area contributed by atoms with Gasteiger partial charge in [0.25, 0.3) is 0 Å². The first-order valence-electron chi connectivity index (χ1n) is 6.58. The number of carbonyl (C=O) groups is 1. The Hall–Kier alpha value is -2.72. The number of aliphatic imine (C=N–C) groups is 1. The summed E-state index contributed by atoms with van der Waals surface area (Å²) in [6.07, 6.45) is 1.54. The molecular weight excluding hydrogens is 262 g/mol. The molecule has 0 amide bonds. The summed E-state index contributed by atoms with van der Waals surface area (Å²) in [5.41, 5.74) is 5.22. The van der Waals surface area contributed by atoms with Crippen LogP contribution in [0, 0.1) is 0 Å². The molecule has 2 rings (SSSR count). The zero-order chi connectivity index (χ0) is 15.1. The molecule has 0 heterocycles. The average molecular weight is 279 g/mol. The van der Waals surface area contributed by atoms with Crippen LogP contribution in [0.15, 0.2) is 71.2 Å². The largest absolute Gasteiger partial charge is 0.323 e. The van der Waals surface area contributed by atoms with Crippen LogP contribution < -0.4 is 11.3 Å². The maximum Gasteiger partial charge on any atom is 0.163 e. The lowest BCUT2D eigenvalue weighted by atomic mass is 10.0. The van der Waals surface area contributed by atoms with Gasteiger partial charge in [0.2, 0.25) is 0 Å². The van der Waals surface area contributed by atoms with Crippen molar-refractivity contribution in [2.45, 2.75) is 6.92 Å². The van der Waals surface area contributed by atoms with Crippen LogP contribution in [0.1, 0.15) is 12.5 Å². The van der Waals surface area contributed by atoms with Crippen molar-refractivity contribution in [2.75, 3.05) is 0 Å². The zero-order valence-corrected chi connectivity index (χ0v) is 11.8. The molecule has 0 aromatic heterocycles. The van der Waals surface area contributed by atoms with Crippen LogP contribution in [0.3, 0.4) is 0 Å². The SMILES string of the molecule is CC(=O)C(C=Nc1ccccc1)=C(NN)c1ccccc1. The molecule has 0 bridgehead atoms. The van der Waals surface area contributed by atoms with Crippen molar-refractivity contribution in [1.29, 1.82) is 0 Å². The minimum Gasteiger partial charge on any atom is -0.323 e.